The van der Waals surface area contributed by atoms with Gasteiger partial charge >= 0.3 is 12.1 Å². The van der Waals surface area contributed by atoms with Crippen LogP contribution in [-0.4, -0.2) is 47.6 Å². The number of esters is 1. The fourth-order valence-electron chi connectivity index (χ4n) is 5.16. The first kappa shape index (κ1) is 24.0. The minimum atomic E-state index is -0.906. The Morgan fingerprint density at radius 2 is 1.97 bits per heavy atom. The molecule has 8 heteroatoms. The van der Waals surface area contributed by atoms with Gasteiger partial charge in [0.25, 0.3) is 0 Å². The number of hydrogen-bond donors (Lipinski definition) is 1. The quantitative estimate of drug-likeness (QED) is 0.169. The fourth-order valence-corrected chi connectivity index (χ4v) is 5.16. The summed E-state index contributed by atoms with van der Waals surface area (Å²) in [6.45, 7) is 7.76. The van der Waals surface area contributed by atoms with Crippen molar-refractivity contribution in [2.24, 2.45) is 5.92 Å². The molecule has 0 amide bonds. The number of carbonyl (C=O) groups excluding carboxylic acids is 2. The van der Waals surface area contributed by atoms with E-state index in [1.807, 2.05) is 31.2 Å². The first-order valence-electron chi connectivity index (χ1n) is 11.6. The van der Waals surface area contributed by atoms with Crippen molar-refractivity contribution in [3.8, 4) is 0 Å². The standard InChI is InChI=1S/C26H32N2O6/c1-6-16-14-28(31)12-11-18-17-9-7-8-10-21(17)27-23(18)22(28)13-19(16)20(24(29)32-5)15-33-25(30)34-26(2,3)4/h6-10,15,19,22,27H,11-14H2,1-5H3/b16-6-,20-15-/t19-,22+,28+/m0/s1. The van der Waals surface area contributed by atoms with Crippen molar-refractivity contribution in [2.75, 3.05) is 20.2 Å². The maximum atomic E-state index is 14.0. The second-order valence-corrected chi connectivity index (χ2v) is 9.96. The number of nitrogens with zero attached hydrogens (tertiary/aromatic N) is 1. The lowest BCUT2D eigenvalue weighted by Crippen LogP contribution is -2.55. The van der Waals surface area contributed by atoms with Gasteiger partial charge in [-0.2, -0.15) is 0 Å². The highest BCUT2D eigenvalue weighted by molar-refractivity contribution is 5.90. The average molecular weight is 469 g/mol. The molecule has 0 bridgehead atoms. The van der Waals surface area contributed by atoms with E-state index in [2.05, 4.69) is 11.1 Å². The van der Waals surface area contributed by atoms with Crippen LogP contribution in [0.25, 0.3) is 10.9 Å². The summed E-state index contributed by atoms with van der Waals surface area (Å²) in [5.41, 5.74) is 3.39. The van der Waals surface area contributed by atoms with Gasteiger partial charge < -0.3 is 29.0 Å². The number of methoxy groups -OCH3 is 1. The third-order valence-electron chi connectivity index (χ3n) is 6.68. The van der Waals surface area contributed by atoms with Crippen LogP contribution < -0.4 is 0 Å². The van der Waals surface area contributed by atoms with Gasteiger partial charge in [0, 0.05) is 29.7 Å². The second kappa shape index (κ2) is 8.92. The Morgan fingerprint density at radius 1 is 1.24 bits per heavy atom. The molecule has 1 aromatic heterocycles. The van der Waals surface area contributed by atoms with Crippen molar-refractivity contribution in [1.29, 1.82) is 0 Å². The minimum absolute atomic E-state index is 0.191. The summed E-state index contributed by atoms with van der Waals surface area (Å²) in [7, 11) is 1.28. The summed E-state index contributed by atoms with van der Waals surface area (Å²) in [6.07, 6.45) is 3.18. The maximum Gasteiger partial charge on any atom is 0.513 e. The number of quaternary nitrogens is 1. The first-order chi connectivity index (χ1) is 16.1. The van der Waals surface area contributed by atoms with E-state index in [0.717, 1.165) is 28.4 Å². The number of benzene rings is 1. The van der Waals surface area contributed by atoms with Crippen LogP contribution in [0.5, 0.6) is 0 Å². The van der Waals surface area contributed by atoms with Crippen molar-refractivity contribution in [2.45, 2.75) is 52.2 Å². The lowest BCUT2D eigenvalue weighted by atomic mass is 9.77. The Balaban J connectivity index is 1.71. The van der Waals surface area contributed by atoms with Gasteiger partial charge in [0.15, 0.2) is 0 Å². The molecule has 182 valence electrons. The Labute approximate surface area is 199 Å². The van der Waals surface area contributed by atoms with Crippen LogP contribution in [0.3, 0.4) is 0 Å². The molecule has 0 saturated carbocycles. The van der Waals surface area contributed by atoms with E-state index in [0.29, 0.717) is 19.4 Å². The highest BCUT2D eigenvalue weighted by Gasteiger charge is 2.47. The predicted molar refractivity (Wildman–Crippen MR) is 127 cm³/mol. The monoisotopic (exact) mass is 468 g/mol. The van der Waals surface area contributed by atoms with Gasteiger partial charge in [-0.3, -0.25) is 0 Å². The molecule has 1 fully saturated rings. The SMILES string of the molecule is C/C=C1/C[N@+]2([O-])CCc3c([nH]c4ccccc34)[C@H]2C[C@@H]1/C(=C/OC(=O)OC(C)(C)C)C(=O)OC. The maximum absolute atomic E-state index is 14.0. The van der Waals surface area contributed by atoms with Gasteiger partial charge in [0.1, 0.15) is 24.4 Å². The molecule has 1 aromatic carbocycles. The molecule has 8 nitrogen and oxygen atoms in total. The number of hydrogen-bond acceptors (Lipinski definition) is 6. The Hall–Kier alpha value is -3.10. The van der Waals surface area contributed by atoms with Crippen LogP contribution in [0.15, 0.2) is 47.7 Å². The number of H-pyrrole nitrogens is 1. The van der Waals surface area contributed by atoms with Gasteiger partial charge in [0.2, 0.25) is 0 Å². The third-order valence-corrected chi connectivity index (χ3v) is 6.68. The van der Waals surface area contributed by atoms with E-state index in [1.54, 1.807) is 20.8 Å². The van der Waals surface area contributed by atoms with Crippen molar-refractivity contribution < 1.29 is 28.4 Å². The molecule has 1 saturated heterocycles. The molecule has 0 aliphatic carbocycles. The van der Waals surface area contributed by atoms with E-state index in [-0.39, 0.29) is 22.8 Å². The zero-order valence-corrected chi connectivity index (χ0v) is 20.3. The highest BCUT2D eigenvalue weighted by atomic mass is 16.7. The van der Waals surface area contributed by atoms with Gasteiger partial charge in [-0.15, -0.1) is 0 Å². The number of para-hydroxylation sites is 1. The summed E-state index contributed by atoms with van der Waals surface area (Å²) >= 11 is 0. The Kier molecular flexibility index (Phi) is 6.31. The van der Waals surface area contributed by atoms with Gasteiger partial charge in [0.05, 0.1) is 24.9 Å². The van der Waals surface area contributed by atoms with E-state index < -0.39 is 23.6 Å². The molecule has 2 aromatic rings. The molecule has 2 aliphatic heterocycles. The van der Waals surface area contributed by atoms with E-state index in [1.165, 1.54) is 12.7 Å². The summed E-state index contributed by atoms with van der Waals surface area (Å²) in [4.78, 5) is 28.4. The van der Waals surface area contributed by atoms with Crippen LogP contribution in [0.1, 0.15) is 51.4 Å². The van der Waals surface area contributed by atoms with Crippen molar-refractivity contribution in [3.05, 3.63) is 64.2 Å². The van der Waals surface area contributed by atoms with Gasteiger partial charge in [-0.1, -0.05) is 24.3 Å². The number of nitrogens with one attached hydrogen (secondary N) is 1. The van der Waals surface area contributed by atoms with Crippen LogP contribution >= 0.6 is 0 Å². The minimum Gasteiger partial charge on any atom is -0.632 e. The number of aromatic amines is 1. The molecule has 34 heavy (non-hydrogen) atoms. The molecule has 3 heterocycles. The number of fused-ring (bicyclic) bond motifs is 5. The smallest absolute Gasteiger partial charge is 0.513 e. The molecule has 1 N–H and O–H groups in total. The van der Waals surface area contributed by atoms with Crippen LogP contribution in [0, 0.1) is 11.1 Å². The summed E-state index contributed by atoms with van der Waals surface area (Å²) < 4.78 is 15.0. The lowest BCUT2D eigenvalue weighted by Gasteiger charge is -2.55. The number of rotatable bonds is 3. The Morgan fingerprint density at radius 3 is 2.65 bits per heavy atom. The number of ether oxygens (including phenoxy) is 3. The van der Waals surface area contributed by atoms with E-state index in [4.69, 9.17) is 14.2 Å². The number of allylic oxidation sites excluding steroid dienone is 1. The van der Waals surface area contributed by atoms with Crippen molar-refractivity contribution in [3.63, 3.8) is 0 Å². The molecule has 2 aliphatic rings. The number of carbonyl (C=O) groups is 2. The first-order valence-corrected chi connectivity index (χ1v) is 11.6. The average Bonchev–Trinajstić information content (AvgIpc) is 3.16. The van der Waals surface area contributed by atoms with Crippen molar-refractivity contribution in [1.82, 2.24) is 4.98 Å². The normalized spacial score (nSPS) is 26.1. The van der Waals surface area contributed by atoms with Crippen LogP contribution in [-0.2, 0) is 25.4 Å². The summed E-state index contributed by atoms with van der Waals surface area (Å²) in [5.74, 6) is -1.03. The number of hydroxylamine groups is 3. The van der Waals surface area contributed by atoms with E-state index >= 15 is 0 Å². The molecular formula is C26H32N2O6. The summed E-state index contributed by atoms with van der Waals surface area (Å²) in [6, 6.07) is 7.68. The zero-order chi connectivity index (χ0) is 24.7. The third kappa shape index (κ3) is 4.48. The fraction of sp³-hybridized carbons (Fsp3) is 0.462. The van der Waals surface area contributed by atoms with Gasteiger partial charge in [-0.25, -0.2) is 9.59 Å². The number of piperidine rings is 1. The van der Waals surface area contributed by atoms with Gasteiger partial charge in [-0.05, 0) is 44.9 Å². The largest absolute Gasteiger partial charge is 0.632 e. The molecule has 4 rings (SSSR count). The zero-order valence-electron chi connectivity index (χ0n) is 20.3. The van der Waals surface area contributed by atoms with Crippen molar-refractivity contribution >= 4 is 23.0 Å². The Bertz CT molecular complexity index is 1170. The molecular weight excluding hydrogens is 436 g/mol. The number of aromatic nitrogens is 1. The topological polar surface area (TPSA) is 101 Å². The lowest BCUT2D eigenvalue weighted by molar-refractivity contribution is -0.914. The predicted octanol–water partition coefficient (Wildman–Crippen LogP) is 5.05. The summed E-state index contributed by atoms with van der Waals surface area (Å²) in [5, 5.41) is 15.1. The highest BCUT2D eigenvalue weighted by Crippen LogP contribution is 2.48. The van der Waals surface area contributed by atoms with Crippen LogP contribution in [0.2, 0.25) is 0 Å². The second-order valence-electron chi connectivity index (χ2n) is 9.96. The molecule has 3 atom stereocenters. The molecule has 0 radical (unpaired) electrons. The van der Waals surface area contributed by atoms with Crippen LogP contribution in [0.4, 0.5) is 4.79 Å². The van der Waals surface area contributed by atoms with E-state index in [9.17, 15) is 14.8 Å². The molecule has 0 spiro atoms. The molecule has 0 unspecified atom stereocenters.